The molecule has 3 unspecified atom stereocenters. The van der Waals surface area contributed by atoms with Gasteiger partial charge >= 0.3 is 19.4 Å². The van der Waals surface area contributed by atoms with Gasteiger partial charge in [-0.25, -0.2) is 9.36 Å². The molecule has 41 heavy (non-hydrogen) atoms. The Labute approximate surface area is 233 Å². The van der Waals surface area contributed by atoms with E-state index in [9.17, 15) is 28.4 Å². The van der Waals surface area contributed by atoms with Crippen LogP contribution in [0.5, 0.6) is 5.75 Å². The van der Waals surface area contributed by atoms with Crippen molar-refractivity contribution in [2.75, 3.05) is 13.2 Å². The summed E-state index contributed by atoms with van der Waals surface area (Å²) in [6, 6.07) is 16.5. The van der Waals surface area contributed by atoms with Crippen LogP contribution in [0.1, 0.15) is 31.1 Å². The molecule has 2 aliphatic heterocycles. The number of halogens is 1. The Balaban J connectivity index is 1.32. The Morgan fingerprint density at radius 1 is 1.12 bits per heavy atom. The summed E-state index contributed by atoms with van der Waals surface area (Å²) in [7, 11) is -4.22. The second-order valence-corrected chi connectivity index (χ2v) is 11.6. The largest absolute Gasteiger partial charge is 0.462 e. The van der Waals surface area contributed by atoms with Crippen LogP contribution in [-0.2, 0) is 30.0 Å². The van der Waals surface area contributed by atoms with Crippen LogP contribution < -0.4 is 15.8 Å². The monoisotopic (exact) mass is 589 g/mol. The number of aliphatic hydroxyl groups is 1. The van der Waals surface area contributed by atoms with Crippen molar-refractivity contribution in [3.05, 3.63) is 99.1 Å². The van der Waals surface area contributed by atoms with Gasteiger partial charge in [-0.2, -0.15) is 9.06 Å². The third kappa shape index (κ3) is 6.66. The lowest BCUT2D eigenvalue weighted by Crippen LogP contribution is -2.38. The van der Waals surface area contributed by atoms with Gasteiger partial charge in [0.1, 0.15) is 30.7 Å². The average molecular weight is 590 g/mol. The van der Waals surface area contributed by atoms with Crippen LogP contribution in [0.4, 0.5) is 4.39 Å². The average Bonchev–Trinajstić information content (AvgIpc) is 3.61. The zero-order valence-electron chi connectivity index (χ0n) is 21.8. The first-order valence-corrected chi connectivity index (χ1v) is 14.5. The number of carbonyl (C=O) groups is 1. The van der Waals surface area contributed by atoms with Gasteiger partial charge in [0.25, 0.3) is 5.56 Å². The molecule has 0 amide bonds. The Morgan fingerprint density at radius 2 is 1.83 bits per heavy atom. The maximum Gasteiger partial charge on any atom is 0.462 e. The second kappa shape index (κ2) is 12.5. The van der Waals surface area contributed by atoms with Crippen molar-refractivity contribution >= 4 is 13.7 Å². The maximum atomic E-state index is 14.3. The quantitative estimate of drug-likeness (QED) is 0.267. The standard InChI is InChI=1S/C27H29FN3O9P/c28-20-15-30(27(35)29-25(20)33)24-14-22(32)23(39-24)17-38-41(36,40-19-10-5-2-6-11-19)31-13-7-12-21(31)26(34)37-16-18-8-3-1-4-9-18/h1-6,8-11,15,21-24,32H,7,12-14,16-17H2,(H,29,33,35)/t21?,22-,23?,24-,41?/m1/s1. The van der Waals surface area contributed by atoms with Gasteiger partial charge in [0, 0.05) is 13.0 Å². The summed E-state index contributed by atoms with van der Waals surface area (Å²) in [5, 5.41) is 10.6. The van der Waals surface area contributed by atoms with Gasteiger partial charge in [0.2, 0.25) is 5.82 Å². The normalized spacial score (nSPS) is 24.1. The molecule has 3 heterocycles. The van der Waals surface area contributed by atoms with E-state index < -0.39 is 61.9 Å². The molecule has 2 saturated heterocycles. The zero-order valence-corrected chi connectivity index (χ0v) is 22.7. The predicted octanol–water partition coefficient (Wildman–Crippen LogP) is 2.74. The molecule has 0 spiro atoms. The van der Waals surface area contributed by atoms with Crippen LogP contribution in [-0.4, -0.2) is 56.7 Å². The molecular formula is C27H29FN3O9P. The molecule has 0 saturated carbocycles. The van der Waals surface area contributed by atoms with E-state index in [1.54, 1.807) is 30.3 Å². The van der Waals surface area contributed by atoms with Crippen LogP contribution in [0.3, 0.4) is 0 Å². The van der Waals surface area contributed by atoms with Gasteiger partial charge in [-0.3, -0.25) is 23.7 Å². The molecule has 14 heteroatoms. The van der Waals surface area contributed by atoms with Crippen LogP contribution in [0, 0.1) is 5.82 Å². The van der Waals surface area contributed by atoms with Gasteiger partial charge in [0.15, 0.2) is 0 Å². The number of benzene rings is 2. The second-order valence-electron chi connectivity index (χ2n) is 9.66. The van der Waals surface area contributed by atoms with Crippen molar-refractivity contribution in [2.45, 2.75) is 50.3 Å². The third-order valence-electron chi connectivity index (χ3n) is 6.84. The molecule has 218 valence electrons. The summed E-state index contributed by atoms with van der Waals surface area (Å²) in [5.41, 5.74) is -1.29. The van der Waals surface area contributed by atoms with Crippen molar-refractivity contribution in [1.29, 1.82) is 0 Å². The molecule has 3 aromatic rings. The van der Waals surface area contributed by atoms with E-state index in [0.29, 0.717) is 19.0 Å². The topological polar surface area (TPSA) is 149 Å². The number of aromatic amines is 1. The number of ether oxygens (including phenoxy) is 2. The molecule has 1 aromatic heterocycles. The van der Waals surface area contributed by atoms with Crippen molar-refractivity contribution in [2.24, 2.45) is 0 Å². The number of nitrogens with one attached hydrogen (secondary N) is 1. The van der Waals surface area contributed by atoms with Gasteiger partial charge in [0.05, 0.1) is 18.9 Å². The Hall–Kier alpha value is -3.61. The van der Waals surface area contributed by atoms with E-state index in [0.717, 1.165) is 10.1 Å². The molecule has 0 bridgehead atoms. The lowest BCUT2D eigenvalue weighted by Gasteiger charge is -2.31. The highest BCUT2D eigenvalue weighted by Gasteiger charge is 2.48. The Morgan fingerprint density at radius 3 is 2.56 bits per heavy atom. The van der Waals surface area contributed by atoms with Crippen molar-refractivity contribution in [1.82, 2.24) is 14.2 Å². The molecule has 0 radical (unpaired) electrons. The number of aliphatic hydroxyl groups excluding tert-OH is 1. The fourth-order valence-electron chi connectivity index (χ4n) is 4.75. The molecule has 2 aromatic carbocycles. The third-order valence-corrected chi connectivity index (χ3v) is 8.86. The lowest BCUT2D eigenvalue weighted by atomic mass is 10.2. The number of hydrogen-bond acceptors (Lipinski definition) is 9. The van der Waals surface area contributed by atoms with Crippen LogP contribution in [0.15, 0.2) is 76.4 Å². The summed E-state index contributed by atoms with van der Waals surface area (Å²) in [5.74, 6) is -1.54. The first-order valence-electron chi connectivity index (χ1n) is 13.0. The van der Waals surface area contributed by atoms with E-state index in [2.05, 4.69) is 0 Å². The van der Waals surface area contributed by atoms with Gasteiger partial charge in [-0.15, -0.1) is 0 Å². The minimum Gasteiger partial charge on any atom is -0.460 e. The number of hydrogen-bond donors (Lipinski definition) is 2. The molecular weight excluding hydrogens is 560 g/mol. The van der Waals surface area contributed by atoms with Crippen molar-refractivity contribution in [3.63, 3.8) is 0 Å². The van der Waals surface area contributed by atoms with Crippen LogP contribution in [0.2, 0.25) is 0 Å². The number of carbonyl (C=O) groups excluding carboxylic acids is 1. The van der Waals surface area contributed by atoms with Crippen LogP contribution >= 0.6 is 7.75 Å². The van der Waals surface area contributed by atoms with Gasteiger partial charge in [-0.05, 0) is 30.5 Å². The number of esters is 1. The van der Waals surface area contributed by atoms with Crippen molar-refractivity contribution in [3.8, 4) is 5.75 Å². The summed E-state index contributed by atoms with van der Waals surface area (Å²) >= 11 is 0. The molecule has 12 nitrogen and oxygen atoms in total. The van der Waals surface area contributed by atoms with E-state index in [1.165, 1.54) is 4.67 Å². The number of para-hydroxylation sites is 1. The predicted molar refractivity (Wildman–Crippen MR) is 142 cm³/mol. The maximum absolute atomic E-state index is 14.3. The van der Waals surface area contributed by atoms with E-state index in [4.69, 9.17) is 18.5 Å². The number of rotatable bonds is 10. The van der Waals surface area contributed by atoms with E-state index >= 15 is 0 Å². The molecule has 5 atom stereocenters. The lowest BCUT2D eigenvalue weighted by molar-refractivity contribution is -0.149. The number of H-pyrrole nitrogens is 1. The molecule has 0 aliphatic carbocycles. The smallest absolute Gasteiger partial charge is 0.460 e. The summed E-state index contributed by atoms with van der Waals surface area (Å²) in [6.07, 6.45) is -1.91. The number of nitrogens with zero attached hydrogens (tertiary/aromatic N) is 2. The fourth-order valence-corrected chi connectivity index (χ4v) is 6.72. The summed E-state index contributed by atoms with van der Waals surface area (Å²) < 4.78 is 53.2. The van der Waals surface area contributed by atoms with E-state index in [-0.39, 0.29) is 25.3 Å². The Kier molecular flexibility index (Phi) is 8.81. The van der Waals surface area contributed by atoms with Gasteiger partial charge in [-0.1, -0.05) is 48.5 Å². The fraction of sp³-hybridized carbons (Fsp3) is 0.370. The van der Waals surface area contributed by atoms with E-state index in [1.807, 2.05) is 35.3 Å². The Bertz CT molecular complexity index is 1520. The molecule has 2 fully saturated rings. The highest BCUT2D eigenvalue weighted by atomic mass is 31.2. The summed E-state index contributed by atoms with van der Waals surface area (Å²) in [6.45, 7) is -0.175. The number of aromatic nitrogens is 2. The minimum absolute atomic E-state index is 0.0446. The summed E-state index contributed by atoms with van der Waals surface area (Å²) in [4.78, 5) is 38.5. The minimum atomic E-state index is -4.22. The molecule has 2 aliphatic rings. The first-order chi connectivity index (χ1) is 19.7. The molecule has 5 rings (SSSR count). The van der Waals surface area contributed by atoms with Gasteiger partial charge < -0.3 is 19.1 Å². The highest BCUT2D eigenvalue weighted by Crippen LogP contribution is 2.55. The molecule has 2 N–H and O–H groups in total. The van der Waals surface area contributed by atoms with Crippen molar-refractivity contribution < 1.29 is 37.4 Å². The van der Waals surface area contributed by atoms with Crippen LogP contribution in [0.25, 0.3) is 0 Å². The SMILES string of the molecule is O=C(OCc1ccccc1)C1CCCN1P(=O)(OCC1O[C@@H](n2cc(F)c(=O)[nH]c2=O)C[C@H]1O)Oc1ccccc1. The zero-order chi connectivity index (χ0) is 29.0. The first kappa shape index (κ1) is 28.9. The highest BCUT2D eigenvalue weighted by molar-refractivity contribution is 7.51.